The Balaban J connectivity index is 4.19. The van der Waals surface area contributed by atoms with Gasteiger partial charge < -0.3 is 28.8 Å². The highest BCUT2D eigenvalue weighted by Crippen LogP contribution is 2.38. The van der Waals surface area contributed by atoms with Crippen molar-refractivity contribution < 1.29 is 32.9 Å². The first-order valence-corrected chi connectivity index (χ1v) is 31.1. The Labute approximate surface area is 434 Å². The average Bonchev–Trinajstić information content (AvgIpc) is 3.32. The third-order valence-electron chi connectivity index (χ3n) is 13.2. The van der Waals surface area contributed by atoms with Crippen LogP contribution in [0, 0.1) is 0 Å². The lowest BCUT2D eigenvalue weighted by molar-refractivity contribution is -0.870. The maximum atomic E-state index is 13.0. The summed E-state index contributed by atoms with van der Waals surface area (Å²) < 4.78 is 23.3. The van der Waals surface area contributed by atoms with E-state index in [4.69, 9.17) is 9.05 Å². The zero-order valence-corrected chi connectivity index (χ0v) is 47.6. The van der Waals surface area contributed by atoms with Gasteiger partial charge >= 0.3 is 0 Å². The Kier molecular flexibility index (Phi) is 50.7. The second kappa shape index (κ2) is 52.1. The van der Waals surface area contributed by atoms with E-state index in [-0.39, 0.29) is 12.5 Å². The van der Waals surface area contributed by atoms with Crippen molar-refractivity contribution in [2.24, 2.45) is 0 Å². The molecule has 8 nitrogen and oxygen atoms in total. The Morgan fingerprint density at radius 1 is 0.500 bits per heavy atom. The van der Waals surface area contributed by atoms with E-state index in [1.807, 2.05) is 27.2 Å². The minimum Gasteiger partial charge on any atom is -0.756 e. The van der Waals surface area contributed by atoms with Gasteiger partial charge in [0, 0.05) is 6.42 Å². The van der Waals surface area contributed by atoms with Gasteiger partial charge in [0.15, 0.2) is 0 Å². The van der Waals surface area contributed by atoms with Crippen molar-refractivity contribution in [3.05, 3.63) is 60.8 Å². The fourth-order valence-electron chi connectivity index (χ4n) is 8.51. The SMILES string of the molecule is CCCCCCC/C=C\C/C=C\CCCCCCCCCCCCCCCCCCCC(=O)NC(COP(=O)([O-])OCC[N+](C)(C)C)C(O)/C=C/CC/C=C/CC/C=C/CCCCCCCCCCC. The van der Waals surface area contributed by atoms with Gasteiger partial charge in [0.1, 0.15) is 13.2 Å². The lowest BCUT2D eigenvalue weighted by atomic mass is 10.0. The van der Waals surface area contributed by atoms with Crippen LogP contribution < -0.4 is 10.2 Å². The Morgan fingerprint density at radius 2 is 0.843 bits per heavy atom. The van der Waals surface area contributed by atoms with Crippen molar-refractivity contribution in [1.29, 1.82) is 0 Å². The summed E-state index contributed by atoms with van der Waals surface area (Å²) in [6.07, 6.45) is 70.2. The lowest BCUT2D eigenvalue weighted by Crippen LogP contribution is -2.45. The van der Waals surface area contributed by atoms with Gasteiger partial charge in [-0.3, -0.25) is 9.36 Å². The summed E-state index contributed by atoms with van der Waals surface area (Å²) >= 11 is 0. The van der Waals surface area contributed by atoms with Crippen LogP contribution in [0.3, 0.4) is 0 Å². The number of aliphatic hydroxyl groups is 1. The number of aliphatic hydroxyl groups excluding tert-OH is 1. The number of carbonyl (C=O) groups excluding carboxylic acids is 1. The molecule has 0 aromatic rings. The van der Waals surface area contributed by atoms with Gasteiger partial charge in [0.2, 0.25) is 5.91 Å². The number of quaternary nitrogens is 1. The molecule has 0 aliphatic rings. The van der Waals surface area contributed by atoms with Crippen LogP contribution in [-0.2, 0) is 18.4 Å². The molecule has 9 heteroatoms. The van der Waals surface area contributed by atoms with Crippen LogP contribution in [0.2, 0.25) is 0 Å². The highest BCUT2D eigenvalue weighted by Gasteiger charge is 2.23. The van der Waals surface area contributed by atoms with E-state index in [0.717, 1.165) is 51.4 Å². The zero-order chi connectivity index (χ0) is 51.3. The molecule has 0 spiro atoms. The van der Waals surface area contributed by atoms with Crippen molar-refractivity contribution in [3.63, 3.8) is 0 Å². The summed E-state index contributed by atoms with van der Waals surface area (Å²) in [6, 6.07) is -0.911. The number of carbonyl (C=O) groups is 1. The second-order valence-electron chi connectivity index (χ2n) is 21.3. The molecule has 0 saturated carbocycles. The lowest BCUT2D eigenvalue weighted by Gasteiger charge is -2.29. The summed E-state index contributed by atoms with van der Waals surface area (Å²) in [5.41, 5.74) is 0. The number of unbranched alkanes of at least 4 members (excludes halogenated alkanes) is 33. The van der Waals surface area contributed by atoms with E-state index < -0.39 is 26.6 Å². The van der Waals surface area contributed by atoms with E-state index >= 15 is 0 Å². The van der Waals surface area contributed by atoms with Crippen LogP contribution in [0.5, 0.6) is 0 Å². The molecule has 0 radical (unpaired) electrons. The van der Waals surface area contributed by atoms with Crippen LogP contribution in [-0.4, -0.2) is 68.5 Å². The molecule has 410 valence electrons. The van der Waals surface area contributed by atoms with E-state index in [1.165, 1.54) is 199 Å². The number of likely N-dealkylation sites (N-methyl/N-ethyl adjacent to an activating group) is 1. The molecule has 0 aromatic heterocycles. The molecular formula is C61H115N2O6P. The number of nitrogens with zero attached hydrogens (tertiary/aromatic N) is 1. The molecule has 0 aliphatic carbocycles. The molecule has 1 amide bonds. The quantitative estimate of drug-likeness (QED) is 0.0272. The molecule has 0 saturated heterocycles. The summed E-state index contributed by atoms with van der Waals surface area (Å²) in [6.45, 7) is 4.63. The number of hydrogen-bond acceptors (Lipinski definition) is 6. The van der Waals surface area contributed by atoms with E-state index in [9.17, 15) is 19.4 Å². The first-order valence-electron chi connectivity index (χ1n) is 29.7. The zero-order valence-electron chi connectivity index (χ0n) is 46.7. The summed E-state index contributed by atoms with van der Waals surface area (Å²) in [5, 5.41) is 13.9. The molecule has 0 heterocycles. The molecule has 70 heavy (non-hydrogen) atoms. The van der Waals surface area contributed by atoms with E-state index in [2.05, 4.69) is 67.8 Å². The van der Waals surface area contributed by atoms with Crippen LogP contribution in [0.4, 0.5) is 0 Å². The Morgan fingerprint density at radius 3 is 1.24 bits per heavy atom. The predicted octanol–water partition coefficient (Wildman–Crippen LogP) is 17.5. The Hall–Kier alpha value is -1.80. The molecule has 3 unspecified atom stereocenters. The molecule has 0 rings (SSSR count). The second-order valence-corrected chi connectivity index (χ2v) is 22.7. The third-order valence-corrected chi connectivity index (χ3v) is 14.1. The smallest absolute Gasteiger partial charge is 0.268 e. The number of amides is 1. The molecular weight excluding hydrogens is 888 g/mol. The first-order chi connectivity index (χ1) is 34.0. The number of phosphoric ester groups is 1. The monoisotopic (exact) mass is 1000 g/mol. The van der Waals surface area contributed by atoms with E-state index in [0.29, 0.717) is 17.4 Å². The van der Waals surface area contributed by atoms with Gasteiger partial charge in [-0.25, -0.2) is 0 Å². The maximum absolute atomic E-state index is 13.0. The molecule has 0 aromatic carbocycles. The van der Waals surface area contributed by atoms with Gasteiger partial charge in [-0.05, 0) is 77.0 Å². The van der Waals surface area contributed by atoms with Gasteiger partial charge in [-0.15, -0.1) is 0 Å². The van der Waals surface area contributed by atoms with Gasteiger partial charge in [0.05, 0.1) is 39.9 Å². The molecule has 3 atom stereocenters. The van der Waals surface area contributed by atoms with Crippen molar-refractivity contribution >= 4 is 13.7 Å². The molecule has 0 bridgehead atoms. The standard InChI is InChI=1S/C61H115N2O6P/c1-6-8-10-12-14-16-18-20-22-24-26-27-28-29-30-31-32-33-34-35-37-39-41-43-45-47-49-51-53-55-61(65)62-59(58-69-70(66,67)68-57-56-63(3,4)5)60(64)54-52-50-48-46-44-42-40-38-36-25-23-21-19-17-15-13-11-9-7-2/h18,20,24,26,36,38,44,46,52,54,59-60,64H,6-17,19,21-23,25,27-35,37,39-43,45,47-51,53,55-58H2,1-5H3,(H-,62,65,66,67)/b20-18-,26-24-,38-36+,46-44+,54-52+. The minimum absolute atomic E-state index is 0.00959. The van der Waals surface area contributed by atoms with Crippen LogP contribution in [0.15, 0.2) is 60.8 Å². The largest absolute Gasteiger partial charge is 0.756 e. The molecule has 0 fully saturated rings. The topological polar surface area (TPSA) is 108 Å². The van der Waals surface area contributed by atoms with Crippen molar-refractivity contribution in [2.45, 2.75) is 283 Å². The number of nitrogens with one attached hydrogen (secondary N) is 1. The third kappa shape index (κ3) is 54.0. The van der Waals surface area contributed by atoms with Crippen molar-refractivity contribution in [1.82, 2.24) is 5.32 Å². The Bertz CT molecular complexity index is 1320. The number of hydrogen-bond donors (Lipinski definition) is 2. The maximum Gasteiger partial charge on any atom is 0.268 e. The summed E-state index contributed by atoms with van der Waals surface area (Å²) in [7, 11) is 1.24. The van der Waals surface area contributed by atoms with Crippen LogP contribution in [0.1, 0.15) is 271 Å². The fourth-order valence-corrected chi connectivity index (χ4v) is 9.23. The highest BCUT2D eigenvalue weighted by molar-refractivity contribution is 7.45. The van der Waals surface area contributed by atoms with Crippen molar-refractivity contribution in [2.75, 3.05) is 40.9 Å². The summed E-state index contributed by atoms with van der Waals surface area (Å²) in [5.74, 6) is -0.209. The van der Waals surface area contributed by atoms with Gasteiger partial charge in [-0.1, -0.05) is 248 Å². The van der Waals surface area contributed by atoms with E-state index in [1.54, 1.807) is 6.08 Å². The highest BCUT2D eigenvalue weighted by atomic mass is 31.2. The number of phosphoric acid groups is 1. The minimum atomic E-state index is -4.61. The first kappa shape index (κ1) is 68.2. The fraction of sp³-hybridized carbons (Fsp3) is 0.820. The van der Waals surface area contributed by atoms with Crippen LogP contribution in [0.25, 0.3) is 0 Å². The number of rotatable bonds is 54. The predicted molar refractivity (Wildman–Crippen MR) is 302 cm³/mol. The van der Waals surface area contributed by atoms with Crippen LogP contribution >= 0.6 is 7.82 Å². The van der Waals surface area contributed by atoms with Gasteiger partial charge in [0.25, 0.3) is 7.82 Å². The summed E-state index contributed by atoms with van der Waals surface area (Å²) in [4.78, 5) is 25.5. The van der Waals surface area contributed by atoms with Gasteiger partial charge in [-0.2, -0.15) is 0 Å². The average molecular weight is 1000 g/mol. The molecule has 0 aliphatic heterocycles. The van der Waals surface area contributed by atoms with Crippen molar-refractivity contribution in [3.8, 4) is 0 Å². The number of allylic oxidation sites excluding steroid dienone is 9. The molecule has 2 N–H and O–H groups in total. The normalized spacial score (nSPS) is 14.3.